The van der Waals surface area contributed by atoms with Crippen molar-refractivity contribution in [3.05, 3.63) is 47.5 Å². The first-order valence-electron chi connectivity index (χ1n) is 11.5. The Morgan fingerprint density at radius 3 is 2.52 bits per heavy atom. The number of tetrazole rings is 1. The lowest BCUT2D eigenvalue weighted by molar-refractivity contribution is 0.419. The highest BCUT2D eigenvalue weighted by atomic mass is 32.2. The van der Waals surface area contributed by atoms with Crippen LogP contribution in [0.25, 0.3) is 0 Å². The summed E-state index contributed by atoms with van der Waals surface area (Å²) < 4.78 is 31.7. The molecule has 1 aliphatic rings. The molecule has 10 heteroatoms. The second-order valence-corrected chi connectivity index (χ2v) is 10.0. The minimum Gasteiger partial charge on any atom is -0.454 e. The largest absolute Gasteiger partial charge is 0.454 e. The number of unbranched alkanes of at least 4 members (excludes halogenated alkanes) is 2. The maximum absolute atomic E-state index is 12.7. The molecule has 3 rings (SSSR count). The summed E-state index contributed by atoms with van der Waals surface area (Å²) >= 11 is 0. The van der Waals surface area contributed by atoms with Crippen LogP contribution < -0.4 is 14.8 Å². The first kappa shape index (κ1) is 24.9. The lowest BCUT2D eigenvalue weighted by atomic mass is 10.0. The number of hydrogen-bond donors (Lipinski definition) is 2. The van der Waals surface area contributed by atoms with Gasteiger partial charge in [0.15, 0.2) is 11.6 Å². The van der Waals surface area contributed by atoms with E-state index in [-0.39, 0.29) is 10.6 Å². The molecule has 0 spiro atoms. The Labute approximate surface area is 196 Å². The van der Waals surface area contributed by atoms with Gasteiger partial charge in [-0.2, -0.15) is 5.21 Å². The Balaban J connectivity index is 2.15. The van der Waals surface area contributed by atoms with Crippen molar-refractivity contribution in [2.75, 3.05) is 18.0 Å². The lowest BCUT2D eigenvalue weighted by Gasteiger charge is -2.29. The number of rotatable bonds is 12. The number of aromatic nitrogens is 4. The molecule has 1 aromatic carbocycles. The van der Waals surface area contributed by atoms with E-state index >= 15 is 0 Å². The molecule has 1 aromatic heterocycles. The first-order chi connectivity index (χ1) is 15.8. The van der Waals surface area contributed by atoms with Gasteiger partial charge in [-0.15, -0.1) is 10.2 Å². The van der Waals surface area contributed by atoms with Gasteiger partial charge >= 0.3 is 0 Å². The third-order valence-electron chi connectivity index (χ3n) is 5.52. The van der Waals surface area contributed by atoms with Gasteiger partial charge in [-0.25, -0.2) is 13.6 Å². The van der Waals surface area contributed by atoms with E-state index in [0.717, 1.165) is 56.4 Å². The number of ether oxygens (including phenoxy) is 1. The zero-order chi connectivity index (χ0) is 23.8. The van der Waals surface area contributed by atoms with Crippen LogP contribution in [0.4, 0.5) is 5.69 Å². The fraction of sp³-hybridized carbons (Fsp3) is 0.522. The maximum atomic E-state index is 12.7. The Morgan fingerprint density at radius 1 is 1.21 bits per heavy atom. The quantitative estimate of drug-likeness (QED) is 0.480. The topological polar surface area (TPSA) is 127 Å². The van der Waals surface area contributed by atoms with Crippen LogP contribution in [0.2, 0.25) is 0 Å². The smallest absolute Gasteiger partial charge is 0.241 e. The fourth-order valence-corrected chi connectivity index (χ4v) is 4.49. The summed E-state index contributed by atoms with van der Waals surface area (Å²) in [6.45, 7) is 7.94. The molecule has 1 aliphatic carbocycles. The standard InChI is InChI=1S/C23H34N6O3S/c1-4-6-11-29(12-7-5-2)20-14-18(16-22-25-27-28-26-22)15-21(33(24,30)31)23(20)32-19-10-8-9-17(3)13-19/h8,10,13-15,17H,4-7,9,11-12,16H2,1-3H3,(H2,24,30,31)(H,25,26,27,28). The zero-order valence-corrected chi connectivity index (χ0v) is 20.4. The third-order valence-corrected chi connectivity index (χ3v) is 6.43. The predicted octanol–water partition coefficient (Wildman–Crippen LogP) is 3.70. The van der Waals surface area contributed by atoms with E-state index in [1.807, 2.05) is 24.3 Å². The molecule has 0 bridgehead atoms. The van der Waals surface area contributed by atoms with Gasteiger partial charge < -0.3 is 9.64 Å². The number of benzene rings is 1. The number of nitrogens with zero attached hydrogens (tertiary/aromatic N) is 4. The van der Waals surface area contributed by atoms with Crippen molar-refractivity contribution in [2.24, 2.45) is 11.1 Å². The minimum absolute atomic E-state index is 0.0379. The molecule has 1 atom stereocenters. The highest BCUT2D eigenvalue weighted by Crippen LogP contribution is 2.39. The summed E-state index contributed by atoms with van der Waals surface area (Å²) in [5.41, 5.74) is 1.44. The fourth-order valence-electron chi connectivity index (χ4n) is 3.77. The van der Waals surface area contributed by atoms with Gasteiger partial charge in [0.05, 0.1) is 5.69 Å². The van der Waals surface area contributed by atoms with Crippen LogP contribution in [0.3, 0.4) is 0 Å². The van der Waals surface area contributed by atoms with Gasteiger partial charge in [0.25, 0.3) is 0 Å². The van der Waals surface area contributed by atoms with Crippen molar-refractivity contribution >= 4 is 15.7 Å². The number of anilines is 1. The van der Waals surface area contributed by atoms with E-state index in [9.17, 15) is 8.42 Å². The van der Waals surface area contributed by atoms with Gasteiger partial charge in [-0.3, -0.25) is 0 Å². The highest BCUT2D eigenvalue weighted by Gasteiger charge is 2.25. The summed E-state index contributed by atoms with van der Waals surface area (Å²) in [4.78, 5) is 2.16. The number of hydrogen-bond acceptors (Lipinski definition) is 7. The number of nitrogens with two attached hydrogens (primary N) is 1. The number of aromatic amines is 1. The molecule has 9 nitrogen and oxygen atoms in total. The van der Waals surface area contributed by atoms with Crippen LogP contribution in [0, 0.1) is 5.92 Å². The van der Waals surface area contributed by atoms with Crippen molar-refractivity contribution in [1.82, 2.24) is 20.6 Å². The van der Waals surface area contributed by atoms with Crippen molar-refractivity contribution in [3.8, 4) is 5.75 Å². The van der Waals surface area contributed by atoms with Gasteiger partial charge in [-0.05, 0) is 55.0 Å². The molecule has 0 saturated heterocycles. The molecule has 0 amide bonds. The van der Waals surface area contributed by atoms with E-state index in [1.54, 1.807) is 6.07 Å². The Hall–Kier alpha value is -2.72. The second kappa shape index (κ2) is 11.4. The van der Waals surface area contributed by atoms with Gasteiger partial charge in [-0.1, -0.05) is 44.9 Å². The van der Waals surface area contributed by atoms with Crippen molar-refractivity contribution in [2.45, 2.75) is 64.2 Å². The molecule has 1 heterocycles. The Kier molecular flexibility index (Phi) is 8.62. The van der Waals surface area contributed by atoms with Crippen LogP contribution in [0.1, 0.15) is 64.3 Å². The third kappa shape index (κ3) is 6.88. The Bertz CT molecular complexity index is 1070. The number of sulfonamides is 1. The second-order valence-electron chi connectivity index (χ2n) is 8.47. The number of allylic oxidation sites excluding steroid dienone is 3. The number of H-pyrrole nitrogens is 1. The van der Waals surface area contributed by atoms with Crippen molar-refractivity contribution < 1.29 is 13.2 Å². The lowest BCUT2D eigenvalue weighted by Crippen LogP contribution is -2.27. The first-order valence-corrected chi connectivity index (χ1v) is 13.1. The molecule has 0 radical (unpaired) electrons. The van der Waals surface area contributed by atoms with Crippen molar-refractivity contribution in [3.63, 3.8) is 0 Å². The van der Waals surface area contributed by atoms with E-state index < -0.39 is 10.0 Å². The average molecular weight is 475 g/mol. The normalized spacial score (nSPS) is 16.0. The van der Waals surface area contributed by atoms with Gasteiger partial charge in [0.1, 0.15) is 10.7 Å². The van der Waals surface area contributed by atoms with Crippen LogP contribution in [0.5, 0.6) is 5.75 Å². The van der Waals surface area contributed by atoms with E-state index in [0.29, 0.717) is 23.9 Å². The molecule has 0 fully saturated rings. The van der Waals surface area contributed by atoms with Crippen LogP contribution in [0.15, 0.2) is 41.0 Å². The highest BCUT2D eigenvalue weighted by molar-refractivity contribution is 7.89. The SMILES string of the molecule is CCCCN(CCCC)c1cc(Cc2nn[nH]n2)cc(S(N)(=O)=O)c1OC1=CC(C)CC=C1. The molecular formula is C23H34N6O3S. The monoisotopic (exact) mass is 474 g/mol. The maximum Gasteiger partial charge on any atom is 0.241 e. The number of primary sulfonamides is 1. The molecule has 3 N–H and O–H groups in total. The average Bonchev–Trinajstić information content (AvgIpc) is 3.27. The Morgan fingerprint density at radius 2 is 1.94 bits per heavy atom. The van der Waals surface area contributed by atoms with E-state index in [4.69, 9.17) is 9.88 Å². The molecular weight excluding hydrogens is 440 g/mol. The zero-order valence-electron chi connectivity index (χ0n) is 19.6. The van der Waals surface area contributed by atoms with E-state index in [1.165, 1.54) is 0 Å². The molecule has 2 aromatic rings. The van der Waals surface area contributed by atoms with Crippen LogP contribution >= 0.6 is 0 Å². The van der Waals surface area contributed by atoms with E-state index in [2.05, 4.69) is 46.3 Å². The van der Waals surface area contributed by atoms with Crippen LogP contribution in [-0.2, 0) is 16.4 Å². The molecule has 180 valence electrons. The molecule has 1 unspecified atom stereocenters. The van der Waals surface area contributed by atoms with Gasteiger partial charge in [0, 0.05) is 19.5 Å². The van der Waals surface area contributed by atoms with Crippen LogP contribution in [-0.4, -0.2) is 42.1 Å². The van der Waals surface area contributed by atoms with Crippen molar-refractivity contribution in [1.29, 1.82) is 0 Å². The summed E-state index contributed by atoms with van der Waals surface area (Å²) in [6.07, 6.45) is 11.2. The van der Waals surface area contributed by atoms with Gasteiger partial charge in [0.2, 0.25) is 10.0 Å². The molecule has 0 aliphatic heterocycles. The summed E-state index contributed by atoms with van der Waals surface area (Å²) in [6, 6.07) is 3.51. The summed E-state index contributed by atoms with van der Waals surface area (Å²) in [7, 11) is -4.06. The number of nitrogens with one attached hydrogen (secondary N) is 1. The predicted molar refractivity (Wildman–Crippen MR) is 128 cm³/mol. The molecule has 33 heavy (non-hydrogen) atoms. The summed E-state index contributed by atoms with van der Waals surface area (Å²) in [5.74, 6) is 1.67. The minimum atomic E-state index is -4.06. The summed E-state index contributed by atoms with van der Waals surface area (Å²) in [5, 5.41) is 19.7. The molecule has 0 saturated carbocycles.